The van der Waals surface area contributed by atoms with Gasteiger partial charge in [-0.25, -0.2) is 4.39 Å². The third-order valence-electron chi connectivity index (χ3n) is 3.93. The van der Waals surface area contributed by atoms with Crippen molar-refractivity contribution in [2.45, 2.75) is 13.3 Å². The van der Waals surface area contributed by atoms with Gasteiger partial charge in [0.1, 0.15) is 5.82 Å². The molecule has 3 rings (SSSR count). The summed E-state index contributed by atoms with van der Waals surface area (Å²) >= 11 is 0. The molecule has 0 aliphatic heterocycles. The average molecular weight is 349 g/mol. The molecule has 0 aliphatic carbocycles. The molecule has 0 bridgehead atoms. The van der Waals surface area contributed by atoms with Crippen LogP contribution in [0.5, 0.6) is 0 Å². The number of carbonyl (C=O) groups is 1. The molecule has 4 nitrogen and oxygen atoms in total. The minimum absolute atomic E-state index is 0.203. The lowest BCUT2D eigenvalue weighted by Crippen LogP contribution is -2.13. The highest BCUT2D eigenvalue weighted by Gasteiger charge is 2.08. The molecule has 5 heteroatoms. The molecule has 0 aliphatic rings. The van der Waals surface area contributed by atoms with Crippen molar-refractivity contribution in [1.29, 1.82) is 0 Å². The van der Waals surface area contributed by atoms with E-state index in [4.69, 9.17) is 0 Å². The van der Waals surface area contributed by atoms with E-state index in [9.17, 15) is 9.18 Å². The third kappa shape index (κ3) is 4.89. The van der Waals surface area contributed by atoms with Crippen molar-refractivity contribution in [3.63, 3.8) is 0 Å². The van der Waals surface area contributed by atoms with E-state index in [1.54, 1.807) is 24.4 Å². The number of aromatic nitrogens is 1. The van der Waals surface area contributed by atoms with Gasteiger partial charge in [0.05, 0.1) is 11.3 Å². The third-order valence-corrected chi connectivity index (χ3v) is 3.93. The van der Waals surface area contributed by atoms with Crippen molar-refractivity contribution in [1.82, 2.24) is 4.98 Å². The Balaban J connectivity index is 1.58. The lowest BCUT2D eigenvalue weighted by atomic mass is 10.1. The summed E-state index contributed by atoms with van der Waals surface area (Å²) in [5.41, 5.74) is 4.13. The number of amides is 1. The van der Waals surface area contributed by atoms with Crippen LogP contribution in [0.15, 0.2) is 67.0 Å². The first-order valence-corrected chi connectivity index (χ1v) is 8.41. The minimum atomic E-state index is -0.238. The number of nitrogens with one attached hydrogen (secondary N) is 2. The number of anilines is 2. The topological polar surface area (TPSA) is 54.0 Å². The second-order valence-electron chi connectivity index (χ2n) is 6.09. The molecule has 132 valence electrons. The van der Waals surface area contributed by atoms with Crippen LogP contribution < -0.4 is 10.6 Å². The summed E-state index contributed by atoms with van der Waals surface area (Å²) in [5.74, 6) is -0.441. The number of rotatable bonds is 6. The van der Waals surface area contributed by atoms with Crippen LogP contribution >= 0.6 is 0 Å². The number of hydrogen-bond donors (Lipinski definition) is 2. The number of nitrogens with zero attached hydrogens (tertiary/aromatic N) is 1. The van der Waals surface area contributed by atoms with Crippen molar-refractivity contribution in [3.05, 3.63) is 89.5 Å². The zero-order valence-corrected chi connectivity index (χ0v) is 14.5. The first-order chi connectivity index (χ1) is 12.6. The molecule has 0 radical (unpaired) electrons. The van der Waals surface area contributed by atoms with Gasteiger partial charge < -0.3 is 10.6 Å². The molecule has 2 aromatic carbocycles. The fraction of sp³-hybridized carbons (Fsp3) is 0.143. The van der Waals surface area contributed by atoms with E-state index in [0.717, 1.165) is 28.9 Å². The maximum Gasteiger partial charge on any atom is 0.257 e. The van der Waals surface area contributed by atoms with Crippen molar-refractivity contribution in [2.75, 3.05) is 17.2 Å². The van der Waals surface area contributed by atoms with E-state index in [0.29, 0.717) is 12.1 Å². The number of hydrogen-bond acceptors (Lipinski definition) is 3. The summed E-state index contributed by atoms with van der Waals surface area (Å²) in [6.45, 7) is 2.64. The monoisotopic (exact) mass is 349 g/mol. The standard InChI is InChI=1S/C21H20FN3O/c1-15-3-2-4-19(11-15)25-21(26)17-12-20(14-23-13-17)24-10-9-16-5-7-18(22)8-6-16/h2-8,11-14,24H,9-10H2,1H3,(H,25,26). The number of pyridine rings is 1. The molecule has 0 unspecified atom stereocenters. The van der Waals surface area contributed by atoms with Gasteiger partial charge >= 0.3 is 0 Å². The Morgan fingerprint density at radius 1 is 1.04 bits per heavy atom. The van der Waals surface area contributed by atoms with Gasteiger partial charge in [-0.05, 0) is 54.8 Å². The molecular formula is C21H20FN3O. The van der Waals surface area contributed by atoms with Crippen molar-refractivity contribution >= 4 is 17.3 Å². The van der Waals surface area contributed by atoms with E-state index in [2.05, 4.69) is 15.6 Å². The fourth-order valence-corrected chi connectivity index (χ4v) is 2.59. The smallest absolute Gasteiger partial charge is 0.257 e. The van der Waals surface area contributed by atoms with E-state index < -0.39 is 0 Å². The normalized spacial score (nSPS) is 10.4. The summed E-state index contributed by atoms with van der Waals surface area (Å²) < 4.78 is 12.9. The molecule has 1 heterocycles. The summed E-state index contributed by atoms with van der Waals surface area (Å²) in [5, 5.41) is 6.11. The van der Waals surface area contributed by atoms with E-state index in [1.165, 1.54) is 18.3 Å². The Morgan fingerprint density at radius 2 is 1.85 bits per heavy atom. The fourth-order valence-electron chi connectivity index (χ4n) is 2.59. The Hall–Kier alpha value is -3.21. The molecule has 1 amide bonds. The van der Waals surface area contributed by atoms with Crippen LogP contribution in [0.2, 0.25) is 0 Å². The minimum Gasteiger partial charge on any atom is -0.383 e. The van der Waals surface area contributed by atoms with Gasteiger partial charge in [-0.3, -0.25) is 9.78 Å². The Kier molecular flexibility index (Phi) is 5.59. The van der Waals surface area contributed by atoms with Crippen LogP contribution in [-0.4, -0.2) is 17.4 Å². The number of aryl methyl sites for hydroxylation is 1. The predicted molar refractivity (Wildman–Crippen MR) is 102 cm³/mol. The maximum absolute atomic E-state index is 12.9. The highest BCUT2D eigenvalue weighted by Crippen LogP contribution is 2.14. The van der Waals surface area contributed by atoms with E-state index in [-0.39, 0.29) is 11.7 Å². The zero-order chi connectivity index (χ0) is 18.4. The van der Waals surface area contributed by atoms with Crippen LogP contribution in [0.3, 0.4) is 0 Å². The summed E-state index contributed by atoms with van der Waals surface area (Å²) in [6.07, 6.45) is 3.96. The molecule has 3 aromatic rings. The van der Waals surface area contributed by atoms with Crippen LogP contribution in [0.1, 0.15) is 21.5 Å². The molecule has 1 aromatic heterocycles. The lowest BCUT2D eigenvalue weighted by molar-refractivity contribution is 0.102. The molecule has 0 saturated heterocycles. The lowest BCUT2D eigenvalue weighted by Gasteiger charge is -2.09. The van der Waals surface area contributed by atoms with Crippen LogP contribution in [0.25, 0.3) is 0 Å². The van der Waals surface area contributed by atoms with Crippen molar-refractivity contribution in [2.24, 2.45) is 0 Å². The predicted octanol–water partition coefficient (Wildman–Crippen LogP) is 4.44. The number of halogens is 1. The molecule has 0 atom stereocenters. The van der Waals surface area contributed by atoms with Crippen LogP contribution in [-0.2, 0) is 6.42 Å². The second kappa shape index (κ2) is 8.25. The number of carbonyl (C=O) groups excluding carboxylic acids is 1. The highest BCUT2D eigenvalue weighted by atomic mass is 19.1. The molecule has 0 saturated carbocycles. The van der Waals surface area contributed by atoms with Crippen molar-refractivity contribution < 1.29 is 9.18 Å². The van der Waals surface area contributed by atoms with Gasteiger partial charge in [0.15, 0.2) is 0 Å². The molecule has 2 N–H and O–H groups in total. The largest absolute Gasteiger partial charge is 0.383 e. The van der Waals surface area contributed by atoms with Gasteiger partial charge in [0.2, 0.25) is 0 Å². The quantitative estimate of drug-likeness (QED) is 0.692. The summed E-state index contributed by atoms with van der Waals surface area (Å²) in [4.78, 5) is 16.5. The van der Waals surface area contributed by atoms with Gasteiger partial charge in [0.25, 0.3) is 5.91 Å². The van der Waals surface area contributed by atoms with E-state index in [1.807, 2.05) is 31.2 Å². The van der Waals surface area contributed by atoms with Gasteiger partial charge in [-0.15, -0.1) is 0 Å². The Morgan fingerprint density at radius 3 is 2.62 bits per heavy atom. The molecule has 0 spiro atoms. The SMILES string of the molecule is Cc1cccc(NC(=O)c2cncc(NCCc3ccc(F)cc3)c2)c1. The molecule has 26 heavy (non-hydrogen) atoms. The molecule has 0 fully saturated rings. The highest BCUT2D eigenvalue weighted by molar-refractivity contribution is 6.04. The first-order valence-electron chi connectivity index (χ1n) is 8.41. The molecular weight excluding hydrogens is 329 g/mol. The van der Waals surface area contributed by atoms with E-state index >= 15 is 0 Å². The second-order valence-corrected chi connectivity index (χ2v) is 6.09. The average Bonchev–Trinajstić information content (AvgIpc) is 2.64. The zero-order valence-electron chi connectivity index (χ0n) is 14.5. The van der Waals surface area contributed by atoms with Crippen molar-refractivity contribution in [3.8, 4) is 0 Å². The van der Waals surface area contributed by atoms with Gasteiger partial charge in [0, 0.05) is 24.6 Å². The van der Waals surface area contributed by atoms with Crippen LogP contribution in [0.4, 0.5) is 15.8 Å². The van der Waals surface area contributed by atoms with Crippen LogP contribution in [0, 0.1) is 12.7 Å². The summed E-state index contributed by atoms with van der Waals surface area (Å²) in [7, 11) is 0. The Labute approximate surface area is 152 Å². The summed E-state index contributed by atoms with van der Waals surface area (Å²) in [6, 6.07) is 15.8. The first kappa shape index (κ1) is 17.6. The number of benzene rings is 2. The van der Waals surface area contributed by atoms with Gasteiger partial charge in [-0.2, -0.15) is 0 Å². The maximum atomic E-state index is 12.9. The Bertz CT molecular complexity index is 894. The van der Waals surface area contributed by atoms with Gasteiger partial charge in [-0.1, -0.05) is 24.3 Å².